The molecular weight excluding hydrogens is 238 g/mol. The lowest BCUT2D eigenvalue weighted by atomic mass is 10.0. The molecule has 1 aromatic rings. The molecular formula is C16H19NO2. The molecule has 1 aliphatic rings. The number of nitrogens with zero attached hydrogens (tertiary/aromatic N) is 1. The van der Waals surface area contributed by atoms with E-state index in [2.05, 4.69) is 11.8 Å². The number of aryl methyl sites for hydroxylation is 1. The van der Waals surface area contributed by atoms with Crippen LogP contribution in [0.15, 0.2) is 18.2 Å². The SMILES string of the molecule is Cc1ccc(C(=O)N(C)C2CC2)cc1C#CCCO. The van der Waals surface area contributed by atoms with E-state index in [4.69, 9.17) is 5.11 Å². The molecule has 0 atom stereocenters. The molecule has 100 valence electrons. The molecule has 3 nitrogen and oxygen atoms in total. The molecule has 1 amide bonds. The van der Waals surface area contributed by atoms with E-state index in [1.165, 1.54) is 0 Å². The normalized spacial score (nSPS) is 13.6. The Balaban J connectivity index is 2.20. The van der Waals surface area contributed by atoms with Crippen molar-refractivity contribution in [3.63, 3.8) is 0 Å². The van der Waals surface area contributed by atoms with Gasteiger partial charge in [-0.1, -0.05) is 17.9 Å². The van der Waals surface area contributed by atoms with Crippen LogP contribution in [-0.2, 0) is 0 Å². The lowest BCUT2D eigenvalue weighted by molar-refractivity contribution is 0.0785. The number of aliphatic hydroxyl groups excluding tert-OH is 1. The highest BCUT2D eigenvalue weighted by Crippen LogP contribution is 2.27. The lowest BCUT2D eigenvalue weighted by Gasteiger charge is -2.16. The van der Waals surface area contributed by atoms with Gasteiger partial charge in [0, 0.05) is 30.6 Å². The van der Waals surface area contributed by atoms with Crippen LogP contribution in [0.25, 0.3) is 0 Å². The van der Waals surface area contributed by atoms with Gasteiger partial charge in [0.1, 0.15) is 0 Å². The largest absolute Gasteiger partial charge is 0.395 e. The first kappa shape index (κ1) is 13.6. The summed E-state index contributed by atoms with van der Waals surface area (Å²) in [6, 6.07) is 6.05. The summed E-state index contributed by atoms with van der Waals surface area (Å²) in [5.41, 5.74) is 2.60. The van der Waals surface area contributed by atoms with E-state index >= 15 is 0 Å². The summed E-state index contributed by atoms with van der Waals surface area (Å²) in [6.07, 6.45) is 2.67. The third-order valence-corrected chi connectivity index (χ3v) is 3.36. The maximum absolute atomic E-state index is 12.3. The minimum Gasteiger partial charge on any atom is -0.395 e. The van der Waals surface area contributed by atoms with Gasteiger partial charge in [0.2, 0.25) is 0 Å². The molecule has 1 saturated carbocycles. The highest BCUT2D eigenvalue weighted by molar-refractivity contribution is 5.95. The number of amides is 1. The fraction of sp³-hybridized carbons (Fsp3) is 0.438. The van der Waals surface area contributed by atoms with Crippen molar-refractivity contribution >= 4 is 5.91 Å². The van der Waals surface area contributed by atoms with Gasteiger partial charge in [0.05, 0.1) is 6.61 Å². The molecule has 0 unspecified atom stereocenters. The highest BCUT2D eigenvalue weighted by Gasteiger charge is 2.30. The molecule has 0 bridgehead atoms. The zero-order chi connectivity index (χ0) is 13.8. The van der Waals surface area contributed by atoms with Gasteiger partial charge in [-0.15, -0.1) is 0 Å². The zero-order valence-corrected chi connectivity index (χ0v) is 11.4. The second-order valence-electron chi connectivity index (χ2n) is 4.95. The smallest absolute Gasteiger partial charge is 0.253 e. The predicted octanol–water partition coefficient (Wildman–Crippen LogP) is 1.96. The van der Waals surface area contributed by atoms with Gasteiger partial charge in [-0.2, -0.15) is 0 Å². The average Bonchev–Trinajstić information content (AvgIpc) is 3.24. The van der Waals surface area contributed by atoms with Crippen LogP contribution in [0.2, 0.25) is 0 Å². The molecule has 0 aliphatic heterocycles. The van der Waals surface area contributed by atoms with Gasteiger partial charge in [-0.05, 0) is 37.5 Å². The van der Waals surface area contributed by atoms with Crippen LogP contribution in [0.4, 0.5) is 0 Å². The molecule has 1 fully saturated rings. The number of aliphatic hydroxyl groups is 1. The first-order valence-electron chi connectivity index (χ1n) is 6.61. The summed E-state index contributed by atoms with van der Waals surface area (Å²) >= 11 is 0. The Labute approximate surface area is 114 Å². The molecule has 3 heteroatoms. The number of benzene rings is 1. The van der Waals surface area contributed by atoms with Crippen molar-refractivity contribution in [3.05, 3.63) is 34.9 Å². The summed E-state index contributed by atoms with van der Waals surface area (Å²) in [5.74, 6) is 5.97. The van der Waals surface area contributed by atoms with Crippen LogP contribution in [-0.4, -0.2) is 35.6 Å². The molecule has 0 saturated heterocycles. The third kappa shape index (κ3) is 3.36. The molecule has 1 aromatic carbocycles. The van der Waals surface area contributed by atoms with Gasteiger partial charge in [0.15, 0.2) is 0 Å². The Morgan fingerprint density at radius 2 is 2.21 bits per heavy atom. The first-order valence-corrected chi connectivity index (χ1v) is 6.61. The van der Waals surface area contributed by atoms with E-state index in [-0.39, 0.29) is 12.5 Å². The summed E-state index contributed by atoms with van der Waals surface area (Å²) in [7, 11) is 1.86. The Bertz CT molecular complexity index is 535. The minimum absolute atomic E-state index is 0.0627. The van der Waals surface area contributed by atoms with Crippen molar-refractivity contribution in [2.24, 2.45) is 0 Å². The lowest BCUT2D eigenvalue weighted by Crippen LogP contribution is -2.28. The van der Waals surface area contributed by atoms with Crippen molar-refractivity contribution in [1.82, 2.24) is 4.90 Å². The summed E-state index contributed by atoms with van der Waals surface area (Å²) in [6.45, 7) is 2.04. The molecule has 0 aromatic heterocycles. The van der Waals surface area contributed by atoms with E-state index < -0.39 is 0 Å². The minimum atomic E-state index is 0.0627. The fourth-order valence-electron chi connectivity index (χ4n) is 1.93. The maximum Gasteiger partial charge on any atom is 0.253 e. The van der Waals surface area contributed by atoms with E-state index in [1.807, 2.05) is 37.1 Å². The summed E-state index contributed by atoms with van der Waals surface area (Å²) in [4.78, 5) is 14.1. The third-order valence-electron chi connectivity index (χ3n) is 3.36. The van der Waals surface area contributed by atoms with Gasteiger partial charge >= 0.3 is 0 Å². The summed E-state index contributed by atoms with van der Waals surface area (Å²) in [5, 5.41) is 8.73. The number of hydrogen-bond acceptors (Lipinski definition) is 2. The Kier molecular flexibility index (Phi) is 4.24. The topological polar surface area (TPSA) is 40.5 Å². The van der Waals surface area contributed by atoms with Crippen molar-refractivity contribution < 1.29 is 9.90 Å². The van der Waals surface area contributed by atoms with Gasteiger partial charge in [-0.3, -0.25) is 4.79 Å². The van der Waals surface area contributed by atoms with Crippen LogP contribution >= 0.6 is 0 Å². The van der Waals surface area contributed by atoms with Crippen LogP contribution in [0.1, 0.15) is 40.7 Å². The van der Waals surface area contributed by atoms with Crippen molar-refractivity contribution in [3.8, 4) is 11.8 Å². The van der Waals surface area contributed by atoms with Crippen LogP contribution in [0.5, 0.6) is 0 Å². The van der Waals surface area contributed by atoms with Crippen LogP contribution < -0.4 is 0 Å². The fourth-order valence-corrected chi connectivity index (χ4v) is 1.93. The molecule has 1 aliphatic carbocycles. The van der Waals surface area contributed by atoms with Crippen LogP contribution in [0.3, 0.4) is 0 Å². The number of carbonyl (C=O) groups is 1. The Morgan fingerprint density at radius 3 is 2.84 bits per heavy atom. The Hall–Kier alpha value is -1.79. The van der Waals surface area contributed by atoms with Crippen molar-refractivity contribution in [2.45, 2.75) is 32.2 Å². The molecule has 0 radical (unpaired) electrons. The van der Waals surface area contributed by atoms with Crippen molar-refractivity contribution in [2.75, 3.05) is 13.7 Å². The van der Waals surface area contributed by atoms with Gasteiger partial charge < -0.3 is 10.0 Å². The van der Waals surface area contributed by atoms with E-state index in [0.717, 1.165) is 24.0 Å². The molecule has 1 N–H and O–H groups in total. The standard InChI is InChI=1S/C16H19NO2/c1-12-6-7-14(11-13(12)5-3-4-10-18)16(19)17(2)15-8-9-15/h6-7,11,15,18H,4,8-10H2,1-2H3. The van der Waals surface area contributed by atoms with Crippen molar-refractivity contribution in [1.29, 1.82) is 0 Å². The summed E-state index contributed by atoms with van der Waals surface area (Å²) < 4.78 is 0. The zero-order valence-electron chi connectivity index (χ0n) is 11.4. The highest BCUT2D eigenvalue weighted by atomic mass is 16.2. The molecule has 2 rings (SSSR count). The number of carbonyl (C=O) groups excluding carboxylic acids is 1. The van der Waals surface area contributed by atoms with E-state index in [9.17, 15) is 4.79 Å². The second kappa shape index (κ2) is 5.90. The first-order chi connectivity index (χ1) is 9.13. The van der Waals surface area contributed by atoms with Gasteiger partial charge in [-0.25, -0.2) is 0 Å². The van der Waals surface area contributed by atoms with E-state index in [0.29, 0.717) is 18.0 Å². The van der Waals surface area contributed by atoms with Crippen LogP contribution in [0, 0.1) is 18.8 Å². The molecule has 0 heterocycles. The predicted molar refractivity (Wildman–Crippen MR) is 74.9 cm³/mol. The maximum atomic E-state index is 12.3. The monoisotopic (exact) mass is 257 g/mol. The molecule has 0 spiro atoms. The second-order valence-corrected chi connectivity index (χ2v) is 4.95. The Morgan fingerprint density at radius 1 is 1.47 bits per heavy atom. The average molecular weight is 257 g/mol. The number of rotatable bonds is 3. The quantitative estimate of drug-likeness (QED) is 0.841. The van der Waals surface area contributed by atoms with Gasteiger partial charge in [0.25, 0.3) is 5.91 Å². The molecule has 19 heavy (non-hydrogen) atoms. The van der Waals surface area contributed by atoms with E-state index in [1.54, 1.807) is 0 Å². The number of hydrogen-bond donors (Lipinski definition) is 1.